The van der Waals surface area contributed by atoms with Crippen LogP contribution in [0.1, 0.15) is 39.5 Å². The fraction of sp³-hybridized carbons (Fsp3) is 0.818. The molecule has 0 aliphatic heterocycles. The van der Waals surface area contributed by atoms with Crippen molar-refractivity contribution in [2.45, 2.75) is 50.6 Å². The molecular formula is C11H14N2O2. The molecule has 0 amide bonds. The second kappa shape index (κ2) is 2.88. The molecule has 2 aliphatic carbocycles. The van der Waals surface area contributed by atoms with E-state index in [1.165, 1.54) is 0 Å². The van der Waals surface area contributed by atoms with Crippen LogP contribution >= 0.6 is 0 Å². The Balaban J connectivity index is 2.45. The van der Waals surface area contributed by atoms with Crippen molar-refractivity contribution in [2.24, 2.45) is 15.4 Å². The highest BCUT2D eigenvalue weighted by Gasteiger charge is 2.64. The Hall–Kier alpha value is -1.24. The first kappa shape index (κ1) is 10.3. The molecule has 2 aliphatic rings. The summed E-state index contributed by atoms with van der Waals surface area (Å²) in [5.41, 5.74) is -0.746. The van der Waals surface area contributed by atoms with Crippen molar-refractivity contribution in [3.63, 3.8) is 0 Å². The molecule has 4 nitrogen and oxygen atoms in total. The van der Waals surface area contributed by atoms with Gasteiger partial charge in [-0.1, -0.05) is 13.8 Å². The summed E-state index contributed by atoms with van der Waals surface area (Å²) in [6.45, 7) is 4.16. The highest BCUT2D eigenvalue weighted by Crippen LogP contribution is 2.63. The van der Waals surface area contributed by atoms with Crippen LogP contribution in [-0.2, 0) is 9.59 Å². The first-order valence-electron chi connectivity index (χ1n) is 5.17. The van der Waals surface area contributed by atoms with Crippen LogP contribution in [0.25, 0.3) is 0 Å². The fourth-order valence-electron chi connectivity index (χ4n) is 3.44. The lowest BCUT2D eigenvalue weighted by atomic mass is 9.70. The van der Waals surface area contributed by atoms with E-state index < -0.39 is 0 Å². The molecule has 0 spiro atoms. The average molecular weight is 206 g/mol. The van der Waals surface area contributed by atoms with Gasteiger partial charge in [-0.3, -0.25) is 0 Å². The number of isocyanates is 2. The zero-order valence-corrected chi connectivity index (χ0v) is 9.04. The quantitative estimate of drug-likeness (QED) is 0.510. The molecule has 2 atom stereocenters. The number of aliphatic imine (C=N–C) groups is 2. The predicted octanol–water partition coefficient (Wildman–Crippen LogP) is 1.75. The highest BCUT2D eigenvalue weighted by molar-refractivity contribution is 5.41. The molecule has 15 heavy (non-hydrogen) atoms. The minimum atomic E-state index is -0.352. The molecule has 0 N–H and O–H groups in total. The van der Waals surface area contributed by atoms with Crippen molar-refractivity contribution in [3.05, 3.63) is 0 Å². The summed E-state index contributed by atoms with van der Waals surface area (Å²) in [6, 6.07) is 0. The molecule has 2 fully saturated rings. The van der Waals surface area contributed by atoms with Gasteiger partial charge in [-0.15, -0.1) is 0 Å². The third kappa shape index (κ3) is 1.22. The van der Waals surface area contributed by atoms with Crippen molar-refractivity contribution in [2.75, 3.05) is 0 Å². The van der Waals surface area contributed by atoms with E-state index in [2.05, 4.69) is 23.8 Å². The summed E-state index contributed by atoms with van der Waals surface area (Å²) in [7, 11) is 0. The molecular weight excluding hydrogens is 192 g/mol. The number of carbonyl (C=O) groups excluding carboxylic acids is 2. The average Bonchev–Trinajstić information content (AvgIpc) is 2.55. The lowest BCUT2D eigenvalue weighted by Crippen LogP contribution is -2.38. The number of hydrogen-bond donors (Lipinski definition) is 0. The van der Waals surface area contributed by atoms with Gasteiger partial charge in [0.05, 0.1) is 11.1 Å². The fourth-order valence-corrected chi connectivity index (χ4v) is 3.44. The summed E-state index contributed by atoms with van der Waals surface area (Å²) >= 11 is 0. The van der Waals surface area contributed by atoms with Gasteiger partial charge in [-0.2, -0.15) is 9.98 Å². The van der Waals surface area contributed by atoms with E-state index in [1.807, 2.05) is 0 Å². The van der Waals surface area contributed by atoms with Crippen molar-refractivity contribution in [3.8, 4) is 0 Å². The van der Waals surface area contributed by atoms with Crippen molar-refractivity contribution >= 4 is 12.2 Å². The maximum Gasteiger partial charge on any atom is 0.235 e. The summed E-state index contributed by atoms with van der Waals surface area (Å²) in [6.07, 6.45) is 6.49. The first-order chi connectivity index (χ1) is 6.99. The third-order valence-corrected chi connectivity index (χ3v) is 4.20. The van der Waals surface area contributed by atoms with Crippen molar-refractivity contribution < 1.29 is 9.59 Å². The van der Waals surface area contributed by atoms with E-state index in [1.54, 1.807) is 12.2 Å². The molecule has 2 bridgehead atoms. The smallest absolute Gasteiger partial charge is 0.211 e. The molecule has 2 saturated carbocycles. The van der Waals surface area contributed by atoms with Crippen molar-refractivity contribution in [1.29, 1.82) is 0 Å². The van der Waals surface area contributed by atoms with Gasteiger partial charge in [0.15, 0.2) is 0 Å². The first-order valence-corrected chi connectivity index (χ1v) is 5.17. The molecule has 0 heterocycles. The Morgan fingerprint density at radius 1 is 1.00 bits per heavy atom. The van der Waals surface area contributed by atoms with E-state index >= 15 is 0 Å². The van der Waals surface area contributed by atoms with E-state index in [9.17, 15) is 9.59 Å². The van der Waals surface area contributed by atoms with E-state index in [-0.39, 0.29) is 16.5 Å². The summed E-state index contributed by atoms with van der Waals surface area (Å²) in [5.74, 6) is 0. The van der Waals surface area contributed by atoms with E-state index in [0.717, 1.165) is 19.3 Å². The third-order valence-electron chi connectivity index (χ3n) is 4.20. The van der Waals surface area contributed by atoms with Crippen LogP contribution in [0.5, 0.6) is 0 Å². The van der Waals surface area contributed by atoms with Crippen molar-refractivity contribution in [1.82, 2.24) is 0 Å². The molecule has 0 aromatic carbocycles. The Bertz CT molecular complexity index is 391. The number of nitrogens with zero attached hydrogens (tertiary/aromatic N) is 2. The largest absolute Gasteiger partial charge is 0.235 e. The van der Waals surface area contributed by atoms with Gasteiger partial charge in [0.2, 0.25) is 12.2 Å². The van der Waals surface area contributed by atoms with E-state index in [0.29, 0.717) is 6.42 Å². The van der Waals surface area contributed by atoms with Crippen LogP contribution in [0.4, 0.5) is 0 Å². The van der Waals surface area contributed by atoms with Crippen LogP contribution in [0.2, 0.25) is 0 Å². The second-order valence-corrected chi connectivity index (χ2v) is 5.40. The normalized spacial score (nSPS) is 40.7. The van der Waals surface area contributed by atoms with Gasteiger partial charge in [-0.25, -0.2) is 9.59 Å². The lowest BCUT2D eigenvalue weighted by molar-refractivity contribution is 0.173. The minimum Gasteiger partial charge on any atom is -0.211 e. The number of hydrogen-bond acceptors (Lipinski definition) is 4. The van der Waals surface area contributed by atoms with Crippen LogP contribution in [0.15, 0.2) is 9.98 Å². The van der Waals surface area contributed by atoms with Gasteiger partial charge in [0.1, 0.15) is 0 Å². The van der Waals surface area contributed by atoms with Gasteiger partial charge >= 0.3 is 0 Å². The lowest BCUT2D eigenvalue weighted by Gasteiger charge is -2.38. The van der Waals surface area contributed by atoms with Crippen LogP contribution in [0.3, 0.4) is 0 Å². The standard InChI is InChI=1S/C11H14N2O2/c1-9(2)5-10(12-7-14)3-4-11(9,6-10)13-8-15/h3-6H2,1-2H3. The minimum absolute atomic E-state index is 0.0803. The summed E-state index contributed by atoms with van der Waals surface area (Å²) in [4.78, 5) is 28.9. The van der Waals surface area contributed by atoms with Crippen LogP contribution in [-0.4, -0.2) is 23.2 Å². The summed E-state index contributed by atoms with van der Waals surface area (Å²) < 4.78 is 0. The molecule has 0 saturated heterocycles. The summed E-state index contributed by atoms with van der Waals surface area (Å²) in [5, 5.41) is 0. The molecule has 2 unspecified atom stereocenters. The maximum atomic E-state index is 10.5. The number of fused-ring (bicyclic) bond motifs is 2. The van der Waals surface area contributed by atoms with Gasteiger partial charge in [0, 0.05) is 6.42 Å². The molecule has 0 aromatic heterocycles. The Kier molecular flexibility index (Phi) is 1.97. The molecule has 4 heteroatoms. The van der Waals surface area contributed by atoms with Gasteiger partial charge in [0.25, 0.3) is 0 Å². The second-order valence-electron chi connectivity index (χ2n) is 5.40. The topological polar surface area (TPSA) is 58.9 Å². The van der Waals surface area contributed by atoms with Crippen LogP contribution < -0.4 is 0 Å². The monoisotopic (exact) mass is 206 g/mol. The Morgan fingerprint density at radius 2 is 1.67 bits per heavy atom. The van der Waals surface area contributed by atoms with Gasteiger partial charge in [-0.05, 0) is 24.7 Å². The molecule has 80 valence electrons. The molecule has 0 aromatic rings. The SMILES string of the molecule is CC1(C)CC2(N=C=O)CCC1(N=C=O)C2. The Labute approximate surface area is 88.5 Å². The van der Waals surface area contributed by atoms with E-state index in [4.69, 9.17) is 0 Å². The van der Waals surface area contributed by atoms with Gasteiger partial charge < -0.3 is 0 Å². The molecule has 0 radical (unpaired) electrons. The molecule has 2 rings (SSSR count). The number of rotatable bonds is 2. The maximum absolute atomic E-state index is 10.5. The highest BCUT2D eigenvalue weighted by atomic mass is 16.1. The zero-order chi connectivity index (χ0) is 11.2. The van der Waals surface area contributed by atoms with Crippen LogP contribution in [0, 0.1) is 5.41 Å². The predicted molar refractivity (Wildman–Crippen MR) is 54.0 cm³/mol. The Morgan fingerprint density at radius 3 is 2.20 bits per heavy atom. The zero-order valence-electron chi connectivity index (χ0n) is 9.04.